The van der Waals surface area contributed by atoms with Crippen LogP contribution in [0.25, 0.3) is 10.8 Å². The van der Waals surface area contributed by atoms with Gasteiger partial charge in [-0.2, -0.15) is 0 Å². The number of rotatable bonds is 6. The van der Waals surface area contributed by atoms with E-state index in [1.165, 1.54) is 0 Å². The second kappa shape index (κ2) is 7.83. The predicted molar refractivity (Wildman–Crippen MR) is 104 cm³/mol. The van der Waals surface area contributed by atoms with Crippen LogP contribution in [0.2, 0.25) is 0 Å². The zero-order valence-corrected chi connectivity index (χ0v) is 14.9. The van der Waals surface area contributed by atoms with Crippen LogP contribution in [0.4, 0.5) is 5.69 Å². The van der Waals surface area contributed by atoms with Crippen molar-refractivity contribution in [3.63, 3.8) is 0 Å². The van der Waals surface area contributed by atoms with Crippen molar-refractivity contribution in [2.45, 2.75) is 26.4 Å². The lowest BCUT2D eigenvalue weighted by Crippen LogP contribution is -2.30. The molecule has 4 nitrogen and oxygen atoms in total. The smallest absolute Gasteiger partial charge is 0.265 e. The third-order valence-electron chi connectivity index (χ3n) is 4.23. The molecule has 26 heavy (non-hydrogen) atoms. The second-order valence-electron chi connectivity index (χ2n) is 6.08. The SMILES string of the molecule is CCC(=O)c1ccc(O[C@H](C)C(=O)Nc2cccc3ccccc23)cc1. The molecular weight excluding hydrogens is 326 g/mol. The van der Waals surface area contributed by atoms with E-state index < -0.39 is 6.10 Å². The number of carbonyl (C=O) groups is 2. The highest BCUT2D eigenvalue weighted by Gasteiger charge is 2.16. The van der Waals surface area contributed by atoms with Crippen LogP contribution in [0, 0.1) is 0 Å². The summed E-state index contributed by atoms with van der Waals surface area (Å²) < 4.78 is 5.71. The van der Waals surface area contributed by atoms with Crippen molar-refractivity contribution in [2.24, 2.45) is 0 Å². The second-order valence-corrected chi connectivity index (χ2v) is 6.08. The number of benzene rings is 3. The van der Waals surface area contributed by atoms with Crippen molar-refractivity contribution in [3.05, 3.63) is 72.3 Å². The lowest BCUT2D eigenvalue weighted by atomic mass is 10.1. The van der Waals surface area contributed by atoms with E-state index in [1.54, 1.807) is 31.2 Å². The van der Waals surface area contributed by atoms with Gasteiger partial charge in [-0.1, -0.05) is 43.3 Å². The summed E-state index contributed by atoms with van der Waals surface area (Å²) in [5.41, 5.74) is 1.40. The Labute approximate surface area is 152 Å². The Balaban J connectivity index is 1.69. The van der Waals surface area contributed by atoms with E-state index in [4.69, 9.17) is 4.74 Å². The number of hydrogen-bond acceptors (Lipinski definition) is 3. The van der Waals surface area contributed by atoms with Gasteiger partial charge in [-0.15, -0.1) is 0 Å². The van der Waals surface area contributed by atoms with E-state index in [-0.39, 0.29) is 11.7 Å². The summed E-state index contributed by atoms with van der Waals surface area (Å²) in [6.45, 7) is 3.53. The Hall–Kier alpha value is -3.14. The average Bonchev–Trinajstić information content (AvgIpc) is 2.68. The van der Waals surface area contributed by atoms with Crippen molar-refractivity contribution >= 4 is 28.2 Å². The van der Waals surface area contributed by atoms with Gasteiger partial charge in [0.15, 0.2) is 11.9 Å². The molecule has 0 aliphatic heterocycles. The van der Waals surface area contributed by atoms with Crippen LogP contribution in [0.5, 0.6) is 5.75 Å². The molecule has 3 aromatic carbocycles. The number of anilines is 1. The summed E-state index contributed by atoms with van der Waals surface area (Å²) in [5.74, 6) is 0.409. The molecule has 3 aromatic rings. The first-order valence-electron chi connectivity index (χ1n) is 8.67. The molecule has 0 spiro atoms. The molecule has 0 saturated carbocycles. The minimum atomic E-state index is -0.665. The Kier molecular flexibility index (Phi) is 5.32. The molecular formula is C22H21NO3. The first-order chi connectivity index (χ1) is 12.6. The van der Waals surface area contributed by atoms with E-state index in [2.05, 4.69) is 5.32 Å². The molecule has 0 aliphatic carbocycles. The van der Waals surface area contributed by atoms with Gasteiger partial charge in [-0.25, -0.2) is 0 Å². The number of fused-ring (bicyclic) bond motifs is 1. The summed E-state index contributed by atoms with van der Waals surface area (Å²) in [6, 6.07) is 20.5. The highest BCUT2D eigenvalue weighted by molar-refractivity contribution is 6.03. The standard InChI is InChI=1S/C22H21NO3/c1-3-21(24)17-11-13-18(14-12-17)26-15(2)22(25)23-20-10-6-8-16-7-4-5-9-19(16)20/h4-15H,3H2,1-2H3,(H,23,25)/t15-/m1/s1. The van der Waals surface area contributed by atoms with Crippen LogP contribution >= 0.6 is 0 Å². The van der Waals surface area contributed by atoms with Crippen molar-refractivity contribution in [1.82, 2.24) is 0 Å². The molecule has 1 N–H and O–H groups in total. The number of ether oxygens (including phenoxy) is 1. The maximum Gasteiger partial charge on any atom is 0.265 e. The van der Waals surface area contributed by atoms with Crippen LogP contribution in [-0.4, -0.2) is 17.8 Å². The molecule has 0 bridgehead atoms. The third kappa shape index (κ3) is 3.91. The van der Waals surface area contributed by atoms with Crippen molar-refractivity contribution in [1.29, 1.82) is 0 Å². The minimum absolute atomic E-state index is 0.0818. The lowest BCUT2D eigenvalue weighted by Gasteiger charge is -2.16. The molecule has 3 rings (SSSR count). The monoisotopic (exact) mass is 347 g/mol. The van der Waals surface area contributed by atoms with Crippen molar-refractivity contribution in [2.75, 3.05) is 5.32 Å². The van der Waals surface area contributed by atoms with Crippen LogP contribution in [0.3, 0.4) is 0 Å². The van der Waals surface area contributed by atoms with Crippen LogP contribution < -0.4 is 10.1 Å². The fraction of sp³-hybridized carbons (Fsp3) is 0.182. The van der Waals surface area contributed by atoms with Gasteiger partial charge in [0.1, 0.15) is 5.75 Å². The van der Waals surface area contributed by atoms with Crippen LogP contribution in [-0.2, 0) is 4.79 Å². The van der Waals surface area contributed by atoms with Gasteiger partial charge in [0.05, 0.1) is 0 Å². The molecule has 0 aromatic heterocycles. The van der Waals surface area contributed by atoms with E-state index >= 15 is 0 Å². The number of Topliss-reactive ketones (excluding diaryl/α,β-unsaturated/α-hetero) is 1. The van der Waals surface area contributed by atoms with Gasteiger partial charge in [0.25, 0.3) is 5.91 Å². The van der Waals surface area contributed by atoms with E-state index in [1.807, 2.05) is 49.4 Å². The van der Waals surface area contributed by atoms with E-state index in [0.717, 1.165) is 16.5 Å². The average molecular weight is 347 g/mol. The number of ketones is 1. The molecule has 0 saturated heterocycles. The Morgan fingerprint density at radius 2 is 1.65 bits per heavy atom. The predicted octanol–water partition coefficient (Wildman–Crippen LogP) is 4.84. The molecule has 0 aliphatic rings. The summed E-state index contributed by atoms with van der Waals surface area (Å²) in [4.78, 5) is 24.2. The maximum atomic E-state index is 12.5. The zero-order valence-electron chi connectivity index (χ0n) is 14.9. The molecule has 0 heterocycles. The molecule has 0 fully saturated rings. The van der Waals surface area contributed by atoms with Gasteiger partial charge in [0.2, 0.25) is 0 Å². The van der Waals surface area contributed by atoms with E-state index in [9.17, 15) is 9.59 Å². The number of carbonyl (C=O) groups excluding carboxylic acids is 2. The number of hydrogen-bond donors (Lipinski definition) is 1. The Bertz CT molecular complexity index is 926. The third-order valence-corrected chi connectivity index (χ3v) is 4.23. The lowest BCUT2D eigenvalue weighted by molar-refractivity contribution is -0.122. The first-order valence-corrected chi connectivity index (χ1v) is 8.67. The van der Waals surface area contributed by atoms with Crippen LogP contribution in [0.15, 0.2) is 66.7 Å². The fourth-order valence-corrected chi connectivity index (χ4v) is 2.75. The quantitative estimate of drug-likeness (QED) is 0.649. The molecule has 1 amide bonds. The molecule has 4 heteroatoms. The number of amides is 1. The zero-order chi connectivity index (χ0) is 18.5. The Morgan fingerprint density at radius 1 is 0.962 bits per heavy atom. The summed E-state index contributed by atoms with van der Waals surface area (Å²) in [5, 5.41) is 4.97. The molecule has 0 radical (unpaired) electrons. The van der Waals surface area contributed by atoms with Gasteiger partial charge < -0.3 is 10.1 Å². The molecule has 0 unspecified atom stereocenters. The minimum Gasteiger partial charge on any atom is -0.481 e. The summed E-state index contributed by atoms with van der Waals surface area (Å²) in [7, 11) is 0. The molecule has 132 valence electrons. The van der Waals surface area contributed by atoms with Crippen molar-refractivity contribution in [3.8, 4) is 5.75 Å². The molecule has 1 atom stereocenters. The van der Waals surface area contributed by atoms with Gasteiger partial charge in [0, 0.05) is 23.1 Å². The largest absolute Gasteiger partial charge is 0.481 e. The van der Waals surface area contributed by atoms with Gasteiger partial charge in [-0.3, -0.25) is 9.59 Å². The fourth-order valence-electron chi connectivity index (χ4n) is 2.75. The number of nitrogens with one attached hydrogen (secondary N) is 1. The van der Waals surface area contributed by atoms with Gasteiger partial charge in [-0.05, 0) is 42.6 Å². The maximum absolute atomic E-state index is 12.5. The van der Waals surface area contributed by atoms with Crippen LogP contribution in [0.1, 0.15) is 30.6 Å². The first kappa shape index (κ1) is 17.7. The van der Waals surface area contributed by atoms with E-state index in [0.29, 0.717) is 17.7 Å². The summed E-state index contributed by atoms with van der Waals surface area (Å²) in [6.07, 6.45) is -0.203. The highest BCUT2D eigenvalue weighted by Crippen LogP contribution is 2.23. The van der Waals surface area contributed by atoms with Gasteiger partial charge >= 0.3 is 0 Å². The highest BCUT2D eigenvalue weighted by atomic mass is 16.5. The topological polar surface area (TPSA) is 55.4 Å². The normalized spacial score (nSPS) is 11.8. The Morgan fingerprint density at radius 3 is 2.38 bits per heavy atom. The summed E-state index contributed by atoms with van der Waals surface area (Å²) >= 11 is 0. The van der Waals surface area contributed by atoms with Crippen molar-refractivity contribution < 1.29 is 14.3 Å².